The average molecular weight is 359 g/mol. The van der Waals surface area contributed by atoms with Crippen LogP contribution in [0.3, 0.4) is 0 Å². The number of hydrogen-bond donors (Lipinski definition) is 1. The van der Waals surface area contributed by atoms with E-state index in [0.717, 1.165) is 21.8 Å². The molecule has 0 radical (unpaired) electrons. The smallest absolute Gasteiger partial charge is 0.280 e. The Bertz CT molecular complexity index is 1150. The van der Waals surface area contributed by atoms with E-state index >= 15 is 0 Å². The van der Waals surface area contributed by atoms with Crippen molar-refractivity contribution in [1.82, 2.24) is 19.7 Å². The van der Waals surface area contributed by atoms with E-state index in [2.05, 4.69) is 21.1 Å². The Morgan fingerprint density at radius 2 is 1.88 bits per heavy atom. The van der Waals surface area contributed by atoms with Gasteiger partial charge in [-0.3, -0.25) is 9.89 Å². The number of pyridine rings is 1. The summed E-state index contributed by atoms with van der Waals surface area (Å²) in [4.78, 5) is 21.5. The Kier molecular flexibility index (Phi) is 3.95. The minimum absolute atomic E-state index is 0.179. The summed E-state index contributed by atoms with van der Waals surface area (Å²) in [6.07, 6.45) is 3.45. The number of benzene rings is 1. The number of thiazole rings is 1. The molecule has 0 spiro atoms. The molecule has 6 nitrogen and oxygen atoms in total. The van der Waals surface area contributed by atoms with Crippen molar-refractivity contribution in [3.05, 3.63) is 75.8 Å². The lowest BCUT2D eigenvalue weighted by Crippen LogP contribution is -2.16. The minimum Gasteiger partial charge on any atom is -0.293 e. The van der Waals surface area contributed by atoms with Crippen LogP contribution < -0.4 is 5.56 Å². The van der Waals surface area contributed by atoms with Crippen molar-refractivity contribution >= 4 is 11.3 Å². The number of aromatic amines is 1. The lowest BCUT2D eigenvalue weighted by molar-refractivity contribution is 0.807. The Morgan fingerprint density at radius 3 is 2.50 bits per heavy atom. The molecule has 0 aliphatic carbocycles. The molecule has 0 saturated carbocycles. The van der Waals surface area contributed by atoms with Crippen LogP contribution in [0.4, 0.5) is 0 Å². The van der Waals surface area contributed by atoms with E-state index < -0.39 is 0 Å². The van der Waals surface area contributed by atoms with E-state index in [4.69, 9.17) is 5.26 Å². The van der Waals surface area contributed by atoms with Gasteiger partial charge >= 0.3 is 0 Å². The zero-order valence-electron chi connectivity index (χ0n) is 13.8. The number of rotatable bonds is 3. The lowest BCUT2D eigenvalue weighted by atomic mass is 10.1. The predicted octanol–water partition coefficient (Wildman–Crippen LogP) is 3.53. The predicted molar refractivity (Wildman–Crippen MR) is 100 cm³/mol. The molecule has 7 heteroatoms. The molecule has 0 aliphatic rings. The molecule has 0 atom stereocenters. The highest BCUT2D eigenvalue weighted by molar-refractivity contribution is 7.13. The fourth-order valence-electron chi connectivity index (χ4n) is 2.77. The van der Waals surface area contributed by atoms with E-state index in [1.54, 1.807) is 42.7 Å². The largest absolute Gasteiger partial charge is 0.293 e. The number of hydrogen-bond acceptors (Lipinski definition) is 5. The zero-order valence-corrected chi connectivity index (χ0v) is 14.6. The van der Waals surface area contributed by atoms with Gasteiger partial charge < -0.3 is 0 Å². The summed E-state index contributed by atoms with van der Waals surface area (Å²) >= 11 is 1.54. The molecule has 0 aliphatic heterocycles. The van der Waals surface area contributed by atoms with Crippen LogP contribution in [-0.4, -0.2) is 19.7 Å². The molecule has 26 heavy (non-hydrogen) atoms. The summed E-state index contributed by atoms with van der Waals surface area (Å²) in [6.45, 7) is 1.84. The van der Waals surface area contributed by atoms with Gasteiger partial charge in [0.05, 0.1) is 17.2 Å². The number of nitriles is 1. The molecule has 0 fully saturated rings. The summed E-state index contributed by atoms with van der Waals surface area (Å²) in [5, 5.41) is 14.8. The van der Waals surface area contributed by atoms with Crippen LogP contribution >= 0.6 is 11.3 Å². The third-order valence-corrected chi connectivity index (χ3v) is 4.85. The fraction of sp³-hybridized carbons (Fsp3) is 0.0526. The average Bonchev–Trinajstić information content (AvgIpc) is 3.31. The van der Waals surface area contributed by atoms with Crippen molar-refractivity contribution in [2.75, 3.05) is 0 Å². The second-order valence-corrected chi connectivity index (χ2v) is 6.58. The van der Waals surface area contributed by atoms with Crippen LogP contribution in [0.5, 0.6) is 0 Å². The fourth-order valence-corrected chi connectivity index (χ4v) is 3.40. The monoisotopic (exact) mass is 359 g/mol. The highest BCUT2D eigenvalue weighted by Gasteiger charge is 2.15. The first-order valence-electron chi connectivity index (χ1n) is 7.86. The van der Waals surface area contributed by atoms with Crippen LogP contribution in [0.1, 0.15) is 11.3 Å². The minimum atomic E-state index is -0.179. The second kappa shape index (κ2) is 6.43. The number of nitrogens with zero attached hydrogens (tertiary/aromatic N) is 4. The van der Waals surface area contributed by atoms with Crippen LogP contribution in [-0.2, 0) is 0 Å². The summed E-state index contributed by atoms with van der Waals surface area (Å²) in [6, 6.07) is 12.7. The van der Waals surface area contributed by atoms with Crippen LogP contribution in [0, 0.1) is 18.3 Å². The number of aryl methyl sites for hydroxylation is 1. The summed E-state index contributed by atoms with van der Waals surface area (Å²) in [7, 11) is 0. The van der Waals surface area contributed by atoms with E-state index in [9.17, 15) is 4.79 Å². The second-order valence-electron chi connectivity index (χ2n) is 5.68. The third kappa shape index (κ3) is 2.72. The quantitative estimate of drug-likeness (QED) is 0.606. The topological polar surface area (TPSA) is 87.4 Å². The Hall–Kier alpha value is -3.50. The first-order valence-corrected chi connectivity index (χ1v) is 8.74. The van der Waals surface area contributed by atoms with Gasteiger partial charge in [-0.15, -0.1) is 11.3 Å². The van der Waals surface area contributed by atoms with Gasteiger partial charge in [0.2, 0.25) is 0 Å². The molecule has 3 heterocycles. The first kappa shape index (κ1) is 16.0. The van der Waals surface area contributed by atoms with Crippen molar-refractivity contribution in [2.24, 2.45) is 0 Å². The van der Waals surface area contributed by atoms with Gasteiger partial charge in [0.15, 0.2) is 5.82 Å². The summed E-state index contributed by atoms with van der Waals surface area (Å²) < 4.78 is 1.43. The molecule has 0 bridgehead atoms. The molecule has 0 saturated heterocycles. The van der Waals surface area contributed by atoms with Gasteiger partial charge in [0.1, 0.15) is 5.01 Å². The molecule has 126 valence electrons. The lowest BCUT2D eigenvalue weighted by Gasteiger charge is -2.01. The number of H-pyrrole nitrogens is 1. The SMILES string of the molecule is Cc1[nH]n(-c2ccc(-c3nccs3)cn2)c(=O)c1-c1ccc(C#N)cc1. The number of aromatic nitrogens is 4. The van der Waals surface area contributed by atoms with Gasteiger partial charge in [-0.2, -0.15) is 5.26 Å². The van der Waals surface area contributed by atoms with Gasteiger partial charge in [-0.1, -0.05) is 12.1 Å². The van der Waals surface area contributed by atoms with Gasteiger partial charge in [0, 0.05) is 29.0 Å². The van der Waals surface area contributed by atoms with E-state index in [1.165, 1.54) is 16.0 Å². The van der Waals surface area contributed by atoms with Gasteiger partial charge in [-0.05, 0) is 36.8 Å². The molecule has 1 aromatic carbocycles. The molecule has 1 N–H and O–H groups in total. The highest BCUT2D eigenvalue weighted by Crippen LogP contribution is 2.22. The van der Waals surface area contributed by atoms with Crippen molar-refractivity contribution in [3.63, 3.8) is 0 Å². The van der Waals surface area contributed by atoms with Crippen LogP contribution in [0.25, 0.3) is 27.5 Å². The molecular formula is C19H13N5OS. The van der Waals surface area contributed by atoms with E-state index in [0.29, 0.717) is 16.9 Å². The molecule has 0 amide bonds. The summed E-state index contributed by atoms with van der Waals surface area (Å²) in [5.41, 5.74) is 3.36. The standard InChI is InChI=1S/C19H13N5OS/c1-12-17(14-4-2-13(10-20)3-5-14)19(25)24(23-12)16-7-6-15(11-22-16)18-21-8-9-26-18/h2-9,11,23H,1H3. The normalized spacial score (nSPS) is 10.6. The maximum Gasteiger partial charge on any atom is 0.280 e. The van der Waals surface area contributed by atoms with Gasteiger partial charge in [-0.25, -0.2) is 14.6 Å². The maximum atomic E-state index is 12.9. The number of nitrogens with one attached hydrogen (secondary N) is 1. The Balaban J connectivity index is 1.74. The summed E-state index contributed by atoms with van der Waals surface area (Å²) in [5.74, 6) is 0.512. The Labute approximate surface area is 153 Å². The first-order chi connectivity index (χ1) is 12.7. The van der Waals surface area contributed by atoms with Gasteiger partial charge in [0.25, 0.3) is 5.56 Å². The van der Waals surface area contributed by atoms with Crippen molar-refractivity contribution in [2.45, 2.75) is 6.92 Å². The van der Waals surface area contributed by atoms with Crippen LogP contribution in [0.2, 0.25) is 0 Å². The van der Waals surface area contributed by atoms with E-state index in [1.807, 2.05) is 18.4 Å². The molecular weight excluding hydrogens is 346 g/mol. The zero-order chi connectivity index (χ0) is 18.1. The highest BCUT2D eigenvalue weighted by atomic mass is 32.1. The molecule has 4 rings (SSSR count). The third-order valence-electron chi connectivity index (χ3n) is 4.03. The van der Waals surface area contributed by atoms with Crippen LogP contribution in [0.15, 0.2) is 59.0 Å². The van der Waals surface area contributed by atoms with Crippen molar-refractivity contribution in [3.8, 4) is 33.6 Å². The Morgan fingerprint density at radius 1 is 1.12 bits per heavy atom. The van der Waals surface area contributed by atoms with Crippen molar-refractivity contribution in [1.29, 1.82) is 5.26 Å². The van der Waals surface area contributed by atoms with E-state index in [-0.39, 0.29) is 5.56 Å². The maximum absolute atomic E-state index is 12.9. The van der Waals surface area contributed by atoms with Crippen molar-refractivity contribution < 1.29 is 0 Å². The molecule has 0 unspecified atom stereocenters. The molecule has 4 aromatic rings. The molecule has 3 aromatic heterocycles.